The van der Waals surface area contributed by atoms with Crippen LogP contribution >= 0.6 is 7.60 Å². The number of nitrogens with one attached hydrogen (secondary N) is 3. The minimum atomic E-state index is -4.81. The molecular formula is C54H79N4O14PS. The van der Waals surface area contributed by atoms with Gasteiger partial charge in [0.1, 0.15) is 10.7 Å². The molecule has 1 unspecified atom stereocenters. The third kappa shape index (κ3) is 18.4. The fraction of sp³-hybridized carbons (Fsp3) is 0.556. The molecule has 0 bridgehead atoms. The standard InChI is InChI=1S/C26H29N3O8S.C18H36NO6P.C10H14/c1-12(13(2)26(33)34)25(32)29-15-9-7-14(8-10-15)28-18-11-19(38(35,36)37)22(27)21-20(18)23(30)16-5-3-4-6-17(16)24(21)31;1-4-5-6-7-8-9-10-11-12-13-16(26(23,24)25)19-17(20)14(2)15(3)18(21)22;1-3-9(2)10-7-5-4-6-8-10/h3-6,11-15,28H,7-10,27H2,1-2H3,(H,29,32)(H,33,34)(H,35,36,37);14-16H,4-13H2,1-3H3,(H,19,20)(H,21,22)(H2,23,24,25);4-9H,3H2,1-2H3/t12-,13-,14?,15?;14-,15-,16?;9-/m111/s1. The zero-order valence-corrected chi connectivity index (χ0v) is 45.6. The van der Waals surface area contributed by atoms with Crippen molar-refractivity contribution in [2.45, 2.75) is 173 Å². The number of ketones is 2. The van der Waals surface area contributed by atoms with E-state index in [1.165, 1.54) is 77.0 Å². The Morgan fingerprint density at radius 1 is 0.676 bits per heavy atom. The van der Waals surface area contributed by atoms with Crippen LogP contribution in [0.15, 0.2) is 65.6 Å². The van der Waals surface area contributed by atoms with Crippen molar-refractivity contribution in [1.29, 1.82) is 0 Å². The summed E-state index contributed by atoms with van der Waals surface area (Å²) in [5.74, 6) is -8.08. The molecule has 3 aromatic rings. The molecule has 410 valence electrons. The predicted molar refractivity (Wildman–Crippen MR) is 285 cm³/mol. The third-order valence-electron chi connectivity index (χ3n) is 14.3. The number of aliphatic carboxylic acids is 2. The van der Waals surface area contributed by atoms with Crippen LogP contribution in [0.5, 0.6) is 0 Å². The van der Waals surface area contributed by atoms with Gasteiger partial charge in [0.15, 0.2) is 11.6 Å². The van der Waals surface area contributed by atoms with Crippen molar-refractivity contribution in [3.8, 4) is 0 Å². The van der Waals surface area contributed by atoms with E-state index in [2.05, 4.69) is 67.1 Å². The summed E-state index contributed by atoms with van der Waals surface area (Å²) in [5, 5.41) is 26.5. The molecule has 0 aliphatic heterocycles. The van der Waals surface area contributed by atoms with Crippen LogP contribution in [-0.4, -0.2) is 86.2 Å². The van der Waals surface area contributed by atoms with Crippen LogP contribution in [-0.2, 0) is 33.9 Å². The number of nitrogen functional groups attached to an aromatic ring is 1. The molecule has 1 saturated carbocycles. The zero-order valence-electron chi connectivity index (χ0n) is 43.8. The SMILES string of the molecule is CCCCCCCCCCCC(NC(=O)[C@H](C)[C@@H](C)C(=O)O)P(=O)(O)O.CC[C@@H](C)c1ccccc1.C[C@@H](C(=O)O)[C@@H](C)C(=O)NC1CCC(Nc2cc(S(=O)(=O)O)c(N)c3c2C(=O)c2ccccc2C3=O)CC1. The summed E-state index contributed by atoms with van der Waals surface area (Å²) in [7, 11) is -9.29. The minimum absolute atomic E-state index is 0.0505. The highest BCUT2D eigenvalue weighted by atomic mass is 32.2. The van der Waals surface area contributed by atoms with Gasteiger partial charge in [-0.1, -0.05) is 161 Å². The number of anilines is 2. The lowest BCUT2D eigenvalue weighted by Crippen LogP contribution is -2.44. The average molecular weight is 1070 g/mol. The summed E-state index contributed by atoms with van der Waals surface area (Å²) >= 11 is 0. The normalized spacial score (nSPS) is 17.7. The monoisotopic (exact) mass is 1070 g/mol. The molecule has 0 heterocycles. The Balaban J connectivity index is 0.000000345. The number of benzene rings is 3. The van der Waals surface area contributed by atoms with Crippen LogP contribution in [0, 0.1) is 23.7 Å². The maximum absolute atomic E-state index is 13.4. The lowest BCUT2D eigenvalue weighted by Gasteiger charge is -2.32. The minimum Gasteiger partial charge on any atom is -0.481 e. The molecular weight excluding hydrogens is 992 g/mol. The van der Waals surface area contributed by atoms with Crippen molar-refractivity contribution >= 4 is 64.4 Å². The van der Waals surface area contributed by atoms with E-state index >= 15 is 0 Å². The zero-order chi connectivity index (χ0) is 55.5. The van der Waals surface area contributed by atoms with E-state index in [0.717, 1.165) is 25.3 Å². The fourth-order valence-electron chi connectivity index (χ4n) is 8.72. The molecule has 10 N–H and O–H groups in total. The van der Waals surface area contributed by atoms with Crippen molar-refractivity contribution in [3.05, 3.63) is 88.5 Å². The summed E-state index contributed by atoms with van der Waals surface area (Å²) in [5.41, 5.74) is 6.99. The quantitative estimate of drug-likeness (QED) is 0.0136. The van der Waals surface area contributed by atoms with Crippen molar-refractivity contribution in [3.63, 3.8) is 0 Å². The number of carboxylic acid groups (broad SMARTS) is 2. The van der Waals surface area contributed by atoms with E-state index in [4.69, 9.17) is 15.9 Å². The topological polar surface area (TPSA) is 317 Å². The summed E-state index contributed by atoms with van der Waals surface area (Å²) < 4.78 is 45.6. The second kappa shape index (κ2) is 29.6. The van der Waals surface area contributed by atoms with Crippen LogP contribution in [0.3, 0.4) is 0 Å². The Bertz CT molecular complexity index is 2550. The Morgan fingerprint density at radius 2 is 1.14 bits per heavy atom. The molecule has 0 aromatic heterocycles. The highest BCUT2D eigenvalue weighted by molar-refractivity contribution is 7.86. The van der Waals surface area contributed by atoms with Crippen molar-refractivity contribution in [2.24, 2.45) is 23.7 Å². The fourth-order valence-corrected chi connectivity index (χ4v) is 10.2. The maximum Gasteiger partial charge on any atom is 0.347 e. The van der Waals surface area contributed by atoms with E-state index < -0.39 is 87.2 Å². The van der Waals surface area contributed by atoms with E-state index in [1.54, 1.807) is 19.1 Å². The molecule has 74 heavy (non-hydrogen) atoms. The molecule has 0 radical (unpaired) electrons. The van der Waals surface area contributed by atoms with Gasteiger partial charge < -0.3 is 41.7 Å². The van der Waals surface area contributed by atoms with Crippen LogP contribution in [0.4, 0.5) is 11.4 Å². The number of amides is 2. The summed E-state index contributed by atoms with van der Waals surface area (Å²) in [6, 6.07) is 17.5. The summed E-state index contributed by atoms with van der Waals surface area (Å²) in [6.07, 6.45) is 13.4. The number of carbonyl (C=O) groups is 6. The van der Waals surface area contributed by atoms with E-state index in [0.29, 0.717) is 38.0 Å². The first-order valence-electron chi connectivity index (χ1n) is 25.8. The van der Waals surface area contributed by atoms with Gasteiger partial charge in [0, 0.05) is 40.7 Å². The Labute approximate surface area is 436 Å². The molecule has 2 aliphatic carbocycles. The average Bonchev–Trinajstić information content (AvgIpc) is 3.36. The van der Waals surface area contributed by atoms with E-state index in [9.17, 15) is 56.1 Å². The van der Waals surface area contributed by atoms with Crippen molar-refractivity contribution in [2.75, 3.05) is 11.1 Å². The molecule has 3 aromatic carbocycles. The molecule has 2 amide bonds. The smallest absolute Gasteiger partial charge is 0.347 e. The largest absolute Gasteiger partial charge is 0.481 e. The molecule has 20 heteroatoms. The first kappa shape index (κ1) is 62.8. The van der Waals surface area contributed by atoms with Gasteiger partial charge in [0.2, 0.25) is 11.8 Å². The van der Waals surface area contributed by atoms with Gasteiger partial charge in [-0.2, -0.15) is 8.42 Å². The van der Waals surface area contributed by atoms with Crippen LogP contribution in [0.1, 0.15) is 188 Å². The molecule has 2 aliphatic rings. The number of carbonyl (C=O) groups excluding carboxylic acids is 4. The van der Waals surface area contributed by atoms with Gasteiger partial charge in [-0.15, -0.1) is 0 Å². The van der Waals surface area contributed by atoms with Crippen molar-refractivity contribution in [1.82, 2.24) is 10.6 Å². The molecule has 0 spiro atoms. The first-order chi connectivity index (χ1) is 34.8. The number of unbranched alkanes of at least 4 members (excludes halogenated alkanes) is 8. The Hall–Kier alpha value is -5.46. The second-order valence-electron chi connectivity index (χ2n) is 19.7. The molecule has 5 rings (SSSR count). The van der Waals surface area contributed by atoms with Gasteiger partial charge in [0.25, 0.3) is 10.1 Å². The second-order valence-corrected chi connectivity index (χ2v) is 22.9. The number of hydrogen-bond acceptors (Lipinski definition) is 11. The van der Waals surface area contributed by atoms with Gasteiger partial charge in [-0.25, -0.2) is 0 Å². The summed E-state index contributed by atoms with van der Waals surface area (Å²) in [4.78, 5) is 91.6. The Morgan fingerprint density at radius 3 is 1.61 bits per heavy atom. The Kier molecular flexibility index (Phi) is 25.1. The number of nitrogens with two attached hydrogens (primary N) is 1. The van der Waals surface area contributed by atoms with Gasteiger partial charge in [-0.3, -0.25) is 37.9 Å². The lowest BCUT2D eigenvalue weighted by molar-refractivity contribution is -0.146. The number of fused-ring (bicyclic) bond motifs is 2. The van der Waals surface area contributed by atoms with Gasteiger partial charge in [0.05, 0.1) is 28.7 Å². The molecule has 0 saturated heterocycles. The highest BCUT2D eigenvalue weighted by Crippen LogP contribution is 2.43. The molecule has 18 nitrogen and oxygen atoms in total. The van der Waals surface area contributed by atoms with Crippen LogP contribution < -0.4 is 21.7 Å². The lowest BCUT2D eigenvalue weighted by atomic mass is 9.82. The number of rotatable bonds is 24. The molecule has 1 fully saturated rings. The van der Waals surface area contributed by atoms with E-state index in [-0.39, 0.29) is 52.4 Å². The van der Waals surface area contributed by atoms with Gasteiger partial charge in [-0.05, 0) is 56.1 Å². The van der Waals surface area contributed by atoms with Crippen LogP contribution in [0.25, 0.3) is 0 Å². The van der Waals surface area contributed by atoms with E-state index in [1.807, 2.05) is 0 Å². The maximum atomic E-state index is 13.4. The molecule has 6 atom stereocenters. The van der Waals surface area contributed by atoms with Gasteiger partial charge >= 0.3 is 19.5 Å². The first-order valence-corrected chi connectivity index (χ1v) is 28.9. The number of hydrogen-bond donors (Lipinski definition) is 9. The number of carboxylic acids is 2. The highest BCUT2D eigenvalue weighted by Gasteiger charge is 2.38. The summed E-state index contributed by atoms with van der Waals surface area (Å²) in [6.45, 7) is 12.6. The predicted octanol–water partition coefficient (Wildman–Crippen LogP) is 9.57. The van der Waals surface area contributed by atoms with Crippen molar-refractivity contribution < 1.29 is 66.3 Å². The third-order valence-corrected chi connectivity index (χ3v) is 16.4. The van der Waals surface area contributed by atoms with Crippen LogP contribution in [0.2, 0.25) is 0 Å².